The van der Waals surface area contributed by atoms with Crippen LogP contribution in [0.15, 0.2) is 0 Å². The van der Waals surface area contributed by atoms with E-state index < -0.39 is 5.60 Å². The number of nitrogens with zero attached hydrogens (tertiary/aromatic N) is 2. The van der Waals surface area contributed by atoms with Crippen LogP contribution in [0.5, 0.6) is 0 Å². The molecule has 2 rings (SSSR count). The van der Waals surface area contributed by atoms with Gasteiger partial charge in [-0.1, -0.05) is 6.92 Å². The van der Waals surface area contributed by atoms with Gasteiger partial charge in [-0.2, -0.15) is 0 Å². The van der Waals surface area contributed by atoms with Crippen molar-refractivity contribution >= 4 is 5.78 Å². The van der Waals surface area contributed by atoms with Gasteiger partial charge in [0.1, 0.15) is 5.78 Å². The van der Waals surface area contributed by atoms with Crippen molar-refractivity contribution in [2.45, 2.75) is 45.6 Å². The molecule has 2 aliphatic rings. The number of rotatable bonds is 4. The number of piperazine rings is 1. The van der Waals surface area contributed by atoms with E-state index in [1.165, 1.54) is 0 Å². The van der Waals surface area contributed by atoms with Gasteiger partial charge in [-0.3, -0.25) is 9.69 Å². The molecule has 1 aliphatic carbocycles. The minimum absolute atomic E-state index is 0.264. The second-order valence-electron chi connectivity index (χ2n) is 7.43. The third kappa shape index (κ3) is 4.83. The second-order valence-corrected chi connectivity index (χ2v) is 7.43. The SMILES string of the molecule is CC1CCC(=O)C(CN2CCN(CC(C)(C)O)CC2)C1. The smallest absolute Gasteiger partial charge is 0.137 e. The van der Waals surface area contributed by atoms with Crippen LogP contribution in [0.25, 0.3) is 0 Å². The van der Waals surface area contributed by atoms with Crippen LogP contribution in [-0.2, 0) is 4.79 Å². The fraction of sp³-hybridized carbons (Fsp3) is 0.938. The molecule has 0 radical (unpaired) electrons. The molecule has 0 spiro atoms. The fourth-order valence-corrected chi connectivity index (χ4v) is 3.49. The minimum atomic E-state index is -0.614. The number of carbonyl (C=O) groups excluding carboxylic acids is 1. The molecule has 1 N–H and O–H groups in total. The second kappa shape index (κ2) is 6.54. The summed E-state index contributed by atoms with van der Waals surface area (Å²) in [5, 5.41) is 9.86. The molecule has 0 aromatic heterocycles. The topological polar surface area (TPSA) is 43.8 Å². The standard InChI is InChI=1S/C16H30N2O2/c1-13-4-5-15(19)14(10-13)11-17-6-8-18(9-7-17)12-16(2,3)20/h13-14,20H,4-12H2,1-3H3. The molecule has 1 saturated heterocycles. The van der Waals surface area contributed by atoms with E-state index in [1.54, 1.807) is 0 Å². The summed E-state index contributed by atoms with van der Waals surface area (Å²) in [4.78, 5) is 16.7. The summed E-state index contributed by atoms with van der Waals surface area (Å²) in [6, 6.07) is 0. The molecule has 0 aromatic carbocycles. The lowest BCUT2D eigenvalue weighted by atomic mass is 9.81. The van der Waals surface area contributed by atoms with Gasteiger partial charge in [0.05, 0.1) is 5.60 Å². The highest BCUT2D eigenvalue weighted by atomic mass is 16.3. The first-order valence-corrected chi connectivity index (χ1v) is 8.03. The van der Waals surface area contributed by atoms with Crippen LogP contribution in [0.1, 0.15) is 40.0 Å². The summed E-state index contributed by atoms with van der Waals surface area (Å²) < 4.78 is 0. The summed E-state index contributed by atoms with van der Waals surface area (Å²) in [7, 11) is 0. The predicted octanol–water partition coefficient (Wildman–Crippen LogP) is 1.38. The van der Waals surface area contributed by atoms with Gasteiger partial charge >= 0.3 is 0 Å². The summed E-state index contributed by atoms with van der Waals surface area (Å²) in [5.41, 5.74) is -0.614. The molecule has 2 fully saturated rings. The number of Topliss-reactive ketones (excluding diaryl/α,β-unsaturated/α-hetero) is 1. The van der Waals surface area contributed by atoms with Crippen molar-refractivity contribution in [2.24, 2.45) is 11.8 Å². The third-order valence-electron chi connectivity index (χ3n) is 4.58. The largest absolute Gasteiger partial charge is 0.389 e. The zero-order valence-corrected chi connectivity index (χ0v) is 13.3. The van der Waals surface area contributed by atoms with E-state index in [-0.39, 0.29) is 5.92 Å². The number of hydrogen-bond donors (Lipinski definition) is 1. The van der Waals surface area contributed by atoms with Crippen LogP contribution >= 0.6 is 0 Å². The molecule has 0 aromatic rings. The molecule has 4 nitrogen and oxygen atoms in total. The molecule has 1 heterocycles. The van der Waals surface area contributed by atoms with Gasteiger partial charge in [0, 0.05) is 51.6 Å². The molecular weight excluding hydrogens is 252 g/mol. The monoisotopic (exact) mass is 282 g/mol. The van der Waals surface area contributed by atoms with Crippen molar-refractivity contribution in [2.75, 3.05) is 39.3 Å². The Hall–Kier alpha value is -0.450. The Bertz CT molecular complexity index is 330. The normalized spacial score (nSPS) is 30.7. The van der Waals surface area contributed by atoms with Crippen LogP contribution in [0.2, 0.25) is 0 Å². The Morgan fingerprint density at radius 2 is 1.80 bits per heavy atom. The summed E-state index contributed by atoms with van der Waals surface area (Å²) in [6.45, 7) is 11.7. The highest BCUT2D eigenvalue weighted by Crippen LogP contribution is 2.27. The van der Waals surface area contributed by atoms with Crippen LogP contribution in [-0.4, -0.2) is 65.6 Å². The van der Waals surface area contributed by atoms with Gasteiger partial charge in [0.25, 0.3) is 0 Å². The summed E-state index contributed by atoms with van der Waals surface area (Å²) in [6.07, 6.45) is 2.93. The maximum atomic E-state index is 12.0. The quantitative estimate of drug-likeness (QED) is 0.846. The molecule has 0 bridgehead atoms. The molecule has 1 aliphatic heterocycles. The van der Waals surface area contributed by atoms with E-state index in [0.29, 0.717) is 11.7 Å². The number of aliphatic hydroxyl groups is 1. The molecule has 4 heteroatoms. The van der Waals surface area contributed by atoms with Gasteiger partial charge < -0.3 is 10.0 Å². The highest BCUT2D eigenvalue weighted by Gasteiger charge is 2.29. The first kappa shape index (κ1) is 15.9. The van der Waals surface area contributed by atoms with Crippen LogP contribution in [0.4, 0.5) is 0 Å². The van der Waals surface area contributed by atoms with E-state index in [2.05, 4.69) is 16.7 Å². The maximum absolute atomic E-state index is 12.0. The average Bonchev–Trinajstić information content (AvgIpc) is 2.34. The van der Waals surface area contributed by atoms with Crippen LogP contribution < -0.4 is 0 Å². The third-order valence-corrected chi connectivity index (χ3v) is 4.58. The average molecular weight is 282 g/mol. The van der Waals surface area contributed by atoms with E-state index in [9.17, 15) is 9.90 Å². The van der Waals surface area contributed by atoms with E-state index in [4.69, 9.17) is 0 Å². The number of β-amino-alcohol motifs (C(OH)–C–C–N with tert-alkyl or cyclic N) is 1. The minimum Gasteiger partial charge on any atom is -0.389 e. The van der Waals surface area contributed by atoms with Gasteiger partial charge in [-0.25, -0.2) is 0 Å². The lowest BCUT2D eigenvalue weighted by Crippen LogP contribution is -2.52. The van der Waals surface area contributed by atoms with Gasteiger partial charge in [0.2, 0.25) is 0 Å². The Morgan fingerprint density at radius 3 is 2.40 bits per heavy atom. The summed E-state index contributed by atoms with van der Waals surface area (Å²) >= 11 is 0. The first-order chi connectivity index (χ1) is 9.33. The van der Waals surface area contributed by atoms with Gasteiger partial charge in [-0.05, 0) is 32.6 Å². The molecule has 1 saturated carbocycles. The highest BCUT2D eigenvalue weighted by molar-refractivity contribution is 5.81. The van der Waals surface area contributed by atoms with E-state index in [1.807, 2.05) is 13.8 Å². The summed E-state index contributed by atoms with van der Waals surface area (Å²) in [5.74, 6) is 1.44. The zero-order valence-electron chi connectivity index (χ0n) is 13.3. The zero-order chi connectivity index (χ0) is 14.8. The van der Waals surface area contributed by atoms with Crippen LogP contribution in [0.3, 0.4) is 0 Å². The fourth-order valence-electron chi connectivity index (χ4n) is 3.49. The van der Waals surface area contributed by atoms with Crippen molar-refractivity contribution in [1.82, 2.24) is 9.80 Å². The Labute approximate surface area is 123 Å². The van der Waals surface area contributed by atoms with Crippen molar-refractivity contribution in [3.63, 3.8) is 0 Å². The first-order valence-electron chi connectivity index (χ1n) is 8.03. The molecule has 20 heavy (non-hydrogen) atoms. The van der Waals surface area contributed by atoms with Crippen molar-refractivity contribution in [1.29, 1.82) is 0 Å². The van der Waals surface area contributed by atoms with Gasteiger partial charge in [-0.15, -0.1) is 0 Å². The van der Waals surface area contributed by atoms with Crippen molar-refractivity contribution in [3.8, 4) is 0 Å². The van der Waals surface area contributed by atoms with Crippen molar-refractivity contribution in [3.05, 3.63) is 0 Å². The van der Waals surface area contributed by atoms with Crippen molar-refractivity contribution < 1.29 is 9.90 Å². The molecule has 2 unspecified atom stereocenters. The van der Waals surface area contributed by atoms with Crippen LogP contribution in [0, 0.1) is 11.8 Å². The number of hydrogen-bond acceptors (Lipinski definition) is 4. The number of ketones is 1. The lowest BCUT2D eigenvalue weighted by Gasteiger charge is -2.39. The Kier molecular flexibility index (Phi) is 5.21. The maximum Gasteiger partial charge on any atom is 0.137 e. The Morgan fingerprint density at radius 1 is 1.20 bits per heavy atom. The predicted molar refractivity (Wildman–Crippen MR) is 80.7 cm³/mol. The van der Waals surface area contributed by atoms with Gasteiger partial charge in [0.15, 0.2) is 0 Å². The lowest BCUT2D eigenvalue weighted by molar-refractivity contribution is -0.126. The number of carbonyl (C=O) groups is 1. The molecule has 2 atom stereocenters. The molecule has 0 amide bonds. The molecular formula is C16H30N2O2. The van der Waals surface area contributed by atoms with E-state index in [0.717, 1.165) is 58.5 Å². The van der Waals surface area contributed by atoms with E-state index >= 15 is 0 Å². The molecule has 116 valence electrons. The Balaban J connectivity index is 1.75.